The first kappa shape index (κ1) is 13.7. The predicted molar refractivity (Wildman–Crippen MR) is 71.1 cm³/mol. The first-order chi connectivity index (χ1) is 7.99. The lowest BCUT2D eigenvalue weighted by molar-refractivity contribution is 0.0737. The Morgan fingerprint density at radius 2 is 1.88 bits per heavy atom. The highest BCUT2D eigenvalue weighted by molar-refractivity contribution is 5.97. The average molecular weight is 234 g/mol. The standard InChI is InChI=1S/C14H22N2O/c1-10-6-5-7-11(2)13(10)14(17)16(4)12(3)8-9-15/h5-7,12H,8-9,15H2,1-4H3. The van der Waals surface area contributed by atoms with Gasteiger partial charge >= 0.3 is 0 Å². The Morgan fingerprint density at radius 1 is 1.35 bits per heavy atom. The van der Waals surface area contributed by atoms with Crippen LogP contribution < -0.4 is 5.73 Å². The Bertz CT molecular complexity index is 381. The second-order valence-corrected chi connectivity index (χ2v) is 4.61. The maximum atomic E-state index is 12.4. The first-order valence-corrected chi connectivity index (χ1v) is 6.02. The number of rotatable bonds is 4. The van der Waals surface area contributed by atoms with Crippen LogP contribution in [0.3, 0.4) is 0 Å². The normalized spacial score (nSPS) is 12.3. The summed E-state index contributed by atoms with van der Waals surface area (Å²) in [5, 5.41) is 0. The lowest BCUT2D eigenvalue weighted by Gasteiger charge is -2.26. The van der Waals surface area contributed by atoms with Crippen LogP contribution in [0.1, 0.15) is 34.8 Å². The number of nitrogens with zero attached hydrogens (tertiary/aromatic N) is 1. The van der Waals surface area contributed by atoms with E-state index >= 15 is 0 Å². The number of nitrogens with two attached hydrogens (primary N) is 1. The van der Waals surface area contributed by atoms with E-state index in [-0.39, 0.29) is 11.9 Å². The van der Waals surface area contributed by atoms with Gasteiger partial charge in [0.05, 0.1) is 0 Å². The van der Waals surface area contributed by atoms with Gasteiger partial charge in [0.25, 0.3) is 5.91 Å². The van der Waals surface area contributed by atoms with Gasteiger partial charge < -0.3 is 10.6 Å². The van der Waals surface area contributed by atoms with Crippen LogP contribution in [0.25, 0.3) is 0 Å². The Hall–Kier alpha value is -1.35. The quantitative estimate of drug-likeness (QED) is 0.867. The Kier molecular flexibility index (Phi) is 4.70. The first-order valence-electron chi connectivity index (χ1n) is 6.02. The summed E-state index contributed by atoms with van der Waals surface area (Å²) >= 11 is 0. The van der Waals surface area contributed by atoms with E-state index in [4.69, 9.17) is 5.73 Å². The van der Waals surface area contributed by atoms with Crippen molar-refractivity contribution in [3.05, 3.63) is 34.9 Å². The number of hydrogen-bond acceptors (Lipinski definition) is 2. The molecule has 0 fully saturated rings. The van der Waals surface area contributed by atoms with Gasteiger partial charge in [0.15, 0.2) is 0 Å². The molecule has 0 bridgehead atoms. The van der Waals surface area contributed by atoms with Crippen molar-refractivity contribution in [3.8, 4) is 0 Å². The summed E-state index contributed by atoms with van der Waals surface area (Å²) in [6, 6.07) is 6.10. The van der Waals surface area contributed by atoms with Crippen molar-refractivity contribution in [2.75, 3.05) is 13.6 Å². The molecule has 1 rings (SSSR count). The van der Waals surface area contributed by atoms with Crippen molar-refractivity contribution in [1.82, 2.24) is 4.90 Å². The Balaban J connectivity index is 2.96. The fourth-order valence-corrected chi connectivity index (χ4v) is 1.96. The summed E-state index contributed by atoms with van der Waals surface area (Å²) in [7, 11) is 1.84. The Morgan fingerprint density at radius 3 is 2.35 bits per heavy atom. The summed E-state index contributed by atoms with van der Waals surface area (Å²) < 4.78 is 0. The van der Waals surface area contributed by atoms with E-state index in [1.807, 2.05) is 46.0 Å². The second-order valence-electron chi connectivity index (χ2n) is 4.61. The highest BCUT2D eigenvalue weighted by Crippen LogP contribution is 2.17. The van der Waals surface area contributed by atoms with E-state index in [0.29, 0.717) is 6.54 Å². The van der Waals surface area contributed by atoms with E-state index in [9.17, 15) is 4.79 Å². The third-order valence-electron chi connectivity index (χ3n) is 3.26. The largest absolute Gasteiger partial charge is 0.339 e. The van der Waals surface area contributed by atoms with Crippen molar-refractivity contribution in [1.29, 1.82) is 0 Å². The lowest BCUT2D eigenvalue weighted by Crippen LogP contribution is -2.37. The van der Waals surface area contributed by atoms with Crippen LogP contribution in [0.4, 0.5) is 0 Å². The van der Waals surface area contributed by atoms with Gasteiger partial charge in [0.2, 0.25) is 0 Å². The van der Waals surface area contributed by atoms with Crippen molar-refractivity contribution < 1.29 is 4.79 Å². The SMILES string of the molecule is Cc1cccc(C)c1C(=O)N(C)C(C)CCN. The minimum absolute atomic E-state index is 0.0848. The van der Waals surface area contributed by atoms with Crippen LogP contribution in [0, 0.1) is 13.8 Å². The van der Waals surface area contributed by atoms with E-state index < -0.39 is 0 Å². The van der Waals surface area contributed by atoms with Gasteiger partial charge in [0, 0.05) is 18.7 Å². The van der Waals surface area contributed by atoms with Crippen LogP contribution in [0.5, 0.6) is 0 Å². The monoisotopic (exact) mass is 234 g/mol. The van der Waals surface area contributed by atoms with Crippen molar-refractivity contribution >= 4 is 5.91 Å². The lowest BCUT2D eigenvalue weighted by atomic mass is 10.0. The molecule has 1 aromatic carbocycles. The summed E-state index contributed by atoms with van der Waals surface area (Å²) in [6.45, 7) is 6.58. The zero-order valence-corrected chi connectivity index (χ0v) is 11.2. The highest BCUT2D eigenvalue weighted by atomic mass is 16.2. The van der Waals surface area contributed by atoms with Crippen molar-refractivity contribution in [3.63, 3.8) is 0 Å². The zero-order chi connectivity index (χ0) is 13.0. The van der Waals surface area contributed by atoms with E-state index in [0.717, 1.165) is 23.1 Å². The van der Waals surface area contributed by atoms with Gasteiger partial charge in [-0.3, -0.25) is 4.79 Å². The molecule has 0 aliphatic heterocycles. The predicted octanol–water partition coefficient (Wildman–Crippen LogP) is 2.11. The minimum atomic E-state index is 0.0848. The second kappa shape index (κ2) is 5.82. The van der Waals surface area contributed by atoms with Crippen LogP contribution in [-0.2, 0) is 0 Å². The third kappa shape index (κ3) is 3.07. The summed E-state index contributed by atoms with van der Waals surface area (Å²) in [4.78, 5) is 14.2. The molecule has 0 aliphatic rings. The highest BCUT2D eigenvalue weighted by Gasteiger charge is 2.19. The molecule has 0 saturated carbocycles. The number of carbonyl (C=O) groups is 1. The number of aryl methyl sites for hydroxylation is 2. The molecule has 0 aliphatic carbocycles. The maximum Gasteiger partial charge on any atom is 0.254 e. The Labute approximate surface area is 104 Å². The molecular formula is C14H22N2O. The molecular weight excluding hydrogens is 212 g/mol. The molecule has 3 heteroatoms. The van der Waals surface area contributed by atoms with Crippen LogP contribution in [0.15, 0.2) is 18.2 Å². The number of carbonyl (C=O) groups excluding carboxylic acids is 1. The molecule has 0 saturated heterocycles. The molecule has 0 spiro atoms. The van der Waals surface area contributed by atoms with Crippen LogP contribution >= 0.6 is 0 Å². The molecule has 0 heterocycles. The molecule has 1 atom stereocenters. The number of hydrogen-bond donors (Lipinski definition) is 1. The molecule has 17 heavy (non-hydrogen) atoms. The summed E-state index contributed by atoms with van der Waals surface area (Å²) in [6.07, 6.45) is 0.827. The molecule has 1 amide bonds. The van der Waals surface area contributed by atoms with Gasteiger partial charge in [-0.1, -0.05) is 18.2 Å². The molecule has 1 aromatic rings. The van der Waals surface area contributed by atoms with Crippen molar-refractivity contribution in [2.24, 2.45) is 5.73 Å². The molecule has 1 unspecified atom stereocenters. The molecule has 2 N–H and O–H groups in total. The van der Waals surface area contributed by atoms with Gasteiger partial charge in [0.1, 0.15) is 0 Å². The fourth-order valence-electron chi connectivity index (χ4n) is 1.96. The van der Waals surface area contributed by atoms with Crippen molar-refractivity contribution in [2.45, 2.75) is 33.2 Å². The molecule has 0 radical (unpaired) electrons. The van der Waals surface area contributed by atoms with Gasteiger partial charge in [-0.2, -0.15) is 0 Å². The van der Waals surface area contributed by atoms with Gasteiger partial charge in [-0.15, -0.1) is 0 Å². The minimum Gasteiger partial charge on any atom is -0.339 e. The smallest absolute Gasteiger partial charge is 0.254 e. The van der Waals surface area contributed by atoms with E-state index in [1.54, 1.807) is 4.90 Å². The zero-order valence-electron chi connectivity index (χ0n) is 11.2. The topological polar surface area (TPSA) is 46.3 Å². The third-order valence-corrected chi connectivity index (χ3v) is 3.26. The molecule has 0 aromatic heterocycles. The van der Waals surface area contributed by atoms with E-state index in [2.05, 4.69) is 0 Å². The van der Waals surface area contributed by atoms with Crippen LogP contribution in [0.2, 0.25) is 0 Å². The fraction of sp³-hybridized carbons (Fsp3) is 0.500. The average Bonchev–Trinajstić information content (AvgIpc) is 2.27. The van der Waals surface area contributed by atoms with Crippen LogP contribution in [-0.4, -0.2) is 30.4 Å². The summed E-state index contributed by atoms with van der Waals surface area (Å²) in [5.41, 5.74) is 8.41. The maximum absolute atomic E-state index is 12.4. The number of amides is 1. The number of benzene rings is 1. The van der Waals surface area contributed by atoms with Gasteiger partial charge in [-0.25, -0.2) is 0 Å². The van der Waals surface area contributed by atoms with E-state index in [1.165, 1.54) is 0 Å². The van der Waals surface area contributed by atoms with Gasteiger partial charge in [-0.05, 0) is 44.9 Å². The summed E-state index contributed by atoms with van der Waals surface area (Å²) in [5.74, 6) is 0.0848. The molecule has 94 valence electrons. The molecule has 3 nitrogen and oxygen atoms in total.